The van der Waals surface area contributed by atoms with Crippen molar-refractivity contribution in [1.29, 1.82) is 0 Å². The van der Waals surface area contributed by atoms with E-state index >= 15 is 0 Å². The molecule has 0 amide bonds. The SMILES string of the molecule is Cc1ccc2ccccc2c1Nc1ccccc1Nc1c(C)ccc2ccccc12. The lowest BCUT2D eigenvalue weighted by atomic mass is 10.0. The molecule has 0 radical (unpaired) electrons. The molecular formula is C28H24N2. The highest BCUT2D eigenvalue weighted by atomic mass is 15.0. The molecule has 0 unspecified atom stereocenters. The van der Waals surface area contributed by atoms with Gasteiger partial charge in [-0.1, -0.05) is 84.9 Å². The third kappa shape index (κ3) is 3.27. The fourth-order valence-corrected chi connectivity index (χ4v) is 4.06. The quantitative estimate of drug-likeness (QED) is 0.325. The number of hydrogen-bond acceptors (Lipinski definition) is 2. The molecule has 30 heavy (non-hydrogen) atoms. The summed E-state index contributed by atoms with van der Waals surface area (Å²) in [6.45, 7) is 4.30. The monoisotopic (exact) mass is 388 g/mol. The van der Waals surface area contributed by atoms with Gasteiger partial charge in [-0.3, -0.25) is 0 Å². The van der Waals surface area contributed by atoms with E-state index in [4.69, 9.17) is 0 Å². The molecule has 2 nitrogen and oxygen atoms in total. The van der Waals surface area contributed by atoms with Gasteiger partial charge < -0.3 is 10.6 Å². The third-order valence-electron chi connectivity index (χ3n) is 5.72. The van der Waals surface area contributed by atoms with Gasteiger partial charge in [0.1, 0.15) is 0 Å². The summed E-state index contributed by atoms with van der Waals surface area (Å²) in [6.07, 6.45) is 0. The Morgan fingerprint density at radius 1 is 0.433 bits per heavy atom. The summed E-state index contributed by atoms with van der Waals surface area (Å²) < 4.78 is 0. The van der Waals surface area contributed by atoms with Gasteiger partial charge in [-0.25, -0.2) is 0 Å². The molecule has 0 atom stereocenters. The van der Waals surface area contributed by atoms with E-state index in [1.165, 1.54) is 32.7 Å². The van der Waals surface area contributed by atoms with Gasteiger partial charge >= 0.3 is 0 Å². The van der Waals surface area contributed by atoms with Crippen molar-refractivity contribution in [2.75, 3.05) is 10.6 Å². The minimum atomic E-state index is 1.06. The zero-order chi connectivity index (χ0) is 20.5. The van der Waals surface area contributed by atoms with Crippen molar-refractivity contribution in [1.82, 2.24) is 0 Å². The van der Waals surface area contributed by atoms with E-state index in [9.17, 15) is 0 Å². The molecule has 5 rings (SSSR count). The Labute approximate surface area is 177 Å². The lowest BCUT2D eigenvalue weighted by Gasteiger charge is -2.19. The number of para-hydroxylation sites is 2. The molecule has 0 heterocycles. The van der Waals surface area contributed by atoms with Crippen LogP contribution in [0.15, 0.2) is 97.1 Å². The fraction of sp³-hybridized carbons (Fsp3) is 0.0714. The summed E-state index contributed by atoms with van der Waals surface area (Å²) in [4.78, 5) is 0. The first-order chi connectivity index (χ1) is 14.7. The van der Waals surface area contributed by atoms with E-state index in [0.717, 1.165) is 22.7 Å². The Bertz CT molecular complexity index is 1260. The molecule has 146 valence electrons. The van der Waals surface area contributed by atoms with Gasteiger partial charge in [-0.05, 0) is 47.9 Å². The molecule has 0 aromatic heterocycles. The van der Waals surface area contributed by atoms with Crippen molar-refractivity contribution in [3.63, 3.8) is 0 Å². The van der Waals surface area contributed by atoms with Crippen LogP contribution in [0.1, 0.15) is 11.1 Å². The highest BCUT2D eigenvalue weighted by Crippen LogP contribution is 2.36. The number of benzene rings is 5. The molecule has 0 aliphatic carbocycles. The topological polar surface area (TPSA) is 24.1 Å². The molecule has 0 saturated carbocycles. The van der Waals surface area contributed by atoms with Crippen LogP contribution < -0.4 is 10.6 Å². The van der Waals surface area contributed by atoms with Crippen LogP contribution in [0.3, 0.4) is 0 Å². The molecule has 0 aliphatic heterocycles. The second-order valence-corrected chi connectivity index (χ2v) is 7.75. The van der Waals surface area contributed by atoms with E-state index < -0.39 is 0 Å². The summed E-state index contributed by atoms with van der Waals surface area (Å²) in [5.41, 5.74) is 6.87. The maximum Gasteiger partial charge on any atom is 0.0623 e. The number of nitrogens with one attached hydrogen (secondary N) is 2. The van der Waals surface area contributed by atoms with Gasteiger partial charge in [0.15, 0.2) is 0 Å². The fourth-order valence-electron chi connectivity index (χ4n) is 4.06. The van der Waals surface area contributed by atoms with Gasteiger partial charge in [-0.2, -0.15) is 0 Å². The lowest BCUT2D eigenvalue weighted by Crippen LogP contribution is -2.01. The van der Waals surface area contributed by atoms with Crippen molar-refractivity contribution in [2.24, 2.45) is 0 Å². The second kappa shape index (κ2) is 7.57. The molecule has 0 aliphatic rings. The van der Waals surface area contributed by atoms with E-state index in [1.807, 2.05) is 0 Å². The van der Waals surface area contributed by atoms with Crippen LogP contribution in [0, 0.1) is 13.8 Å². The molecule has 2 N–H and O–H groups in total. The predicted molar refractivity (Wildman–Crippen MR) is 130 cm³/mol. The molecule has 5 aromatic rings. The summed E-state index contributed by atoms with van der Waals surface area (Å²) in [7, 11) is 0. The summed E-state index contributed by atoms with van der Waals surface area (Å²) >= 11 is 0. The van der Waals surface area contributed by atoms with Crippen molar-refractivity contribution < 1.29 is 0 Å². The Balaban J connectivity index is 1.59. The van der Waals surface area contributed by atoms with Crippen LogP contribution in [0.4, 0.5) is 22.7 Å². The molecule has 0 bridgehead atoms. The number of rotatable bonds is 4. The zero-order valence-corrected chi connectivity index (χ0v) is 17.2. The number of hydrogen-bond donors (Lipinski definition) is 2. The average molecular weight is 389 g/mol. The Morgan fingerprint density at radius 3 is 1.30 bits per heavy atom. The second-order valence-electron chi connectivity index (χ2n) is 7.75. The first-order valence-electron chi connectivity index (χ1n) is 10.3. The van der Waals surface area contributed by atoms with Crippen molar-refractivity contribution >= 4 is 44.3 Å². The van der Waals surface area contributed by atoms with Crippen LogP contribution >= 0.6 is 0 Å². The maximum atomic E-state index is 3.71. The summed E-state index contributed by atoms with van der Waals surface area (Å²) in [6, 6.07) is 34.1. The van der Waals surface area contributed by atoms with E-state index in [-0.39, 0.29) is 0 Å². The highest BCUT2D eigenvalue weighted by Gasteiger charge is 2.10. The van der Waals surface area contributed by atoms with Crippen LogP contribution in [0.5, 0.6) is 0 Å². The molecule has 2 heteroatoms. The van der Waals surface area contributed by atoms with Gasteiger partial charge in [-0.15, -0.1) is 0 Å². The van der Waals surface area contributed by atoms with Crippen molar-refractivity contribution in [2.45, 2.75) is 13.8 Å². The molecule has 0 fully saturated rings. The first-order valence-corrected chi connectivity index (χ1v) is 10.3. The predicted octanol–water partition coefficient (Wildman–Crippen LogP) is 8.10. The van der Waals surface area contributed by atoms with Crippen molar-refractivity contribution in [3.8, 4) is 0 Å². The third-order valence-corrected chi connectivity index (χ3v) is 5.72. The van der Waals surface area contributed by atoms with E-state index in [2.05, 4.69) is 122 Å². The number of fused-ring (bicyclic) bond motifs is 2. The Hall–Kier alpha value is -3.78. The summed E-state index contributed by atoms with van der Waals surface area (Å²) in [5.74, 6) is 0. The van der Waals surface area contributed by atoms with Crippen LogP contribution in [0.25, 0.3) is 21.5 Å². The van der Waals surface area contributed by atoms with Crippen molar-refractivity contribution in [3.05, 3.63) is 108 Å². The maximum absolute atomic E-state index is 3.71. The molecule has 0 spiro atoms. The minimum absolute atomic E-state index is 1.06. The highest BCUT2D eigenvalue weighted by molar-refractivity contribution is 6.00. The minimum Gasteiger partial charge on any atom is -0.353 e. The largest absolute Gasteiger partial charge is 0.353 e. The van der Waals surface area contributed by atoms with E-state index in [0.29, 0.717) is 0 Å². The standard InChI is InChI=1S/C28H24N2/c1-19-15-17-21-9-3-5-11-23(21)27(19)29-25-13-7-8-14-26(25)30-28-20(2)16-18-22-10-4-6-12-24(22)28/h3-18,29-30H,1-2H3. The molecule has 0 saturated heterocycles. The smallest absolute Gasteiger partial charge is 0.0623 e. The Morgan fingerprint density at radius 2 is 0.833 bits per heavy atom. The zero-order valence-electron chi connectivity index (χ0n) is 17.2. The molecular weight excluding hydrogens is 364 g/mol. The van der Waals surface area contributed by atoms with Crippen LogP contribution in [0.2, 0.25) is 0 Å². The molecule has 5 aromatic carbocycles. The van der Waals surface area contributed by atoms with E-state index in [1.54, 1.807) is 0 Å². The van der Waals surface area contributed by atoms with Gasteiger partial charge in [0, 0.05) is 22.1 Å². The van der Waals surface area contributed by atoms with Crippen LogP contribution in [-0.4, -0.2) is 0 Å². The number of aryl methyl sites for hydroxylation is 2. The average Bonchev–Trinajstić information content (AvgIpc) is 2.78. The normalized spacial score (nSPS) is 11.0. The summed E-state index contributed by atoms with van der Waals surface area (Å²) in [5, 5.41) is 12.4. The van der Waals surface area contributed by atoms with Gasteiger partial charge in [0.25, 0.3) is 0 Å². The number of anilines is 4. The van der Waals surface area contributed by atoms with Gasteiger partial charge in [0.2, 0.25) is 0 Å². The van der Waals surface area contributed by atoms with Crippen LogP contribution in [-0.2, 0) is 0 Å². The first kappa shape index (κ1) is 18.3. The Kier molecular flexibility index (Phi) is 4.61. The van der Waals surface area contributed by atoms with Gasteiger partial charge in [0.05, 0.1) is 11.4 Å². The lowest BCUT2D eigenvalue weighted by molar-refractivity contribution is 1.43.